The summed E-state index contributed by atoms with van der Waals surface area (Å²) < 4.78 is 1.72. The van der Waals surface area contributed by atoms with Gasteiger partial charge in [0.05, 0.1) is 21.3 Å². The Hall–Kier alpha value is -0.690. The molecular formula is C13H11Br2NO2S. The van der Waals surface area contributed by atoms with E-state index in [1.165, 1.54) is 11.3 Å². The van der Waals surface area contributed by atoms with Gasteiger partial charge in [-0.3, -0.25) is 4.79 Å². The molecule has 0 fully saturated rings. The number of carbonyl (C=O) groups is 1. The van der Waals surface area contributed by atoms with Crippen LogP contribution in [0.15, 0.2) is 44.7 Å². The van der Waals surface area contributed by atoms with E-state index in [2.05, 4.69) is 37.2 Å². The van der Waals surface area contributed by atoms with Crippen LogP contribution < -0.4 is 5.32 Å². The second kappa shape index (κ2) is 6.65. The van der Waals surface area contributed by atoms with Crippen LogP contribution in [0.5, 0.6) is 0 Å². The zero-order valence-electron chi connectivity index (χ0n) is 9.77. The highest BCUT2D eigenvalue weighted by atomic mass is 79.9. The smallest absolute Gasteiger partial charge is 0.261 e. The van der Waals surface area contributed by atoms with Crippen LogP contribution in [0.3, 0.4) is 0 Å². The molecule has 0 aliphatic heterocycles. The summed E-state index contributed by atoms with van der Waals surface area (Å²) in [6.45, 7) is -0.135. The van der Waals surface area contributed by atoms with Crippen molar-refractivity contribution in [2.45, 2.75) is 6.04 Å². The van der Waals surface area contributed by atoms with Gasteiger partial charge < -0.3 is 10.4 Å². The normalized spacial score (nSPS) is 12.2. The summed E-state index contributed by atoms with van der Waals surface area (Å²) in [6, 6.07) is 10.8. The Labute approximate surface area is 131 Å². The molecule has 1 aromatic carbocycles. The molecule has 6 heteroatoms. The highest BCUT2D eigenvalue weighted by molar-refractivity contribution is 9.13. The number of hydrogen-bond donors (Lipinski definition) is 2. The molecule has 2 N–H and O–H groups in total. The molecule has 0 radical (unpaired) electrons. The van der Waals surface area contributed by atoms with E-state index >= 15 is 0 Å². The van der Waals surface area contributed by atoms with Gasteiger partial charge in [-0.05, 0) is 43.5 Å². The van der Waals surface area contributed by atoms with Gasteiger partial charge in [0.25, 0.3) is 5.91 Å². The van der Waals surface area contributed by atoms with Gasteiger partial charge in [0.2, 0.25) is 0 Å². The van der Waals surface area contributed by atoms with Crippen LogP contribution in [0.2, 0.25) is 0 Å². The maximum atomic E-state index is 12.1. The van der Waals surface area contributed by atoms with Crippen LogP contribution in [-0.4, -0.2) is 17.6 Å². The van der Waals surface area contributed by atoms with Gasteiger partial charge in [0.15, 0.2) is 0 Å². The number of thiophene rings is 1. The van der Waals surface area contributed by atoms with Crippen molar-refractivity contribution in [3.63, 3.8) is 0 Å². The molecule has 0 aliphatic carbocycles. The molecule has 3 nitrogen and oxygen atoms in total. The molecule has 2 rings (SSSR count). The number of halogens is 2. The predicted molar refractivity (Wildman–Crippen MR) is 83.5 cm³/mol. The largest absolute Gasteiger partial charge is 0.394 e. The Morgan fingerprint density at radius 1 is 1.32 bits per heavy atom. The van der Waals surface area contributed by atoms with Crippen molar-refractivity contribution in [2.75, 3.05) is 6.61 Å². The average Bonchev–Trinajstić information content (AvgIpc) is 2.77. The number of benzene rings is 1. The van der Waals surface area contributed by atoms with Crippen molar-refractivity contribution in [3.8, 4) is 0 Å². The van der Waals surface area contributed by atoms with Crippen LogP contribution in [0.25, 0.3) is 0 Å². The lowest BCUT2D eigenvalue weighted by Crippen LogP contribution is -2.30. The fourth-order valence-corrected chi connectivity index (χ4v) is 3.55. The maximum absolute atomic E-state index is 12.1. The van der Waals surface area contributed by atoms with Gasteiger partial charge in [-0.1, -0.05) is 30.3 Å². The monoisotopic (exact) mass is 403 g/mol. The Morgan fingerprint density at radius 3 is 2.53 bits per heavy atom. The first-order chi connectivity index (χ1) is 9.11. The van der Waals surface area contributed by atoms with Gasteiger partial charge in [0.1, 0.15) is 0 Å². The number of rotatable bonds is 4. The van der Waals surface area contributed by atoms with Crippen LogP contribution in [0.4, 0.5) is 0 Å². The van der Waals surface area contributed by atoms with E-state index in [4.69, 9.17) is 0 Å². The van der Waals surface area contributed by atoms with Crippen molar-refractivity contribution < 1.29 is 9.90 Å². The second-order valence-electron chi connectivity index (χ2n) is 3.85. The van der Waals surface area contributed by atoms with E-state index in [1.807, 2.05) is 30.3 Å². The van der Waals surface area contributed by atoms with Gasteiger partial charge in [0, 0.05) is 4.47 Å². The average molecular weight is 405 g/mol. The molecule has 0 saturated heterocycles. The van der Waals surface area contributed by atoms with E-state index in [0.717, 1.165) is 13.8 Å². The van der Waals surface area contributed by atoms with Gasteiger partial charge in [-0.15, -0.1) is 11.3 Å². The molecule has 0 aliphatic rings. The first-order valence-corrected chi connectivity index (χ1v) is 7.93. The fraction of sp³-hybridized carbons (Fsp3) is 0.154. The summed E-state index contributed by atoms with van der Waals surface area (Å²) in [5, 5.41) is 12.2. The van der Waals surface area contributed by atoms with Gasteiger partial charge in [-0.2, -0.15) is 0 Å². The lowest BCUT2D eigenvalue weighted by molar-refractivity contribution is 0.0920. The Bertz CT molecular complexity index is 552. The predicted octanol–water partition coefficient (Wildman–Crippen LogP) is 3.74. The molecule has 1 aromatic heterocycles. The zero-order valence-corrected chi connectivity index (χ0v) is 13.8. The molecule has 1 heterocycles. The minimum atomic E-state index is -0.395. The highest BCUT2D eigenvalue weighted by Gasteiger charge is 2.17. The van der Waals surface area contributed by atoms with Crippen molar-refractivity contribution >= 4 is 49.1 Å². The standard InChI is InChI=1S/C13H11Br2NO2S/c14-9-6-11(19-12(9)15)13(18)16-10(7-17)8-4-2-1-3-5-8/h1-6,10,17H,7H2,(H,16,18)/t10-/m1/s1. The number of carbonyl (C=O) groups excluding carboxylic acids is 1. The third-order valence-corrected chi connectivity index (χ3v) is 5.81. The molecule has 0 saturated carbocycles. The summed E-state index contributed by atoms with van der Waals surface area (Å²) >= 11 is 8.05. The lowest BCUT2D eigenvalue weighted by Gasteiger charge is -2.16. The van der Waals surface area contributed by atoms with E-state index in [9.17, 15) is 9.90 Å². The molecular weight excluding hydrogens is 394 g/mol. The Balaban J connectivity index is 2.13. The van der Waals surface area contributed by atoms with E-state index in [-0.39, 0.29) is 12.5 Å². The highest BCUT2D eigenvalue weighted by Crippen LogP contribution is 2.32. The quantitative estimate of drug-likeness (QED) is 0.815. The van der Waals surface area contributed by atoms with Crippen molar-refractivity contribution in [1.82, 2.24) is 5.32 Å². The summed E-state index contributed by atoms with van der Waals surface area (Å²) in [7, 11) is 0. The molecule has 2 aromatic rings. The van der Waals surface area contributed by atoms with E-state index < -0.39 is 6.04 Å². The zero-order chi connectivity index (χ0) is 13.8. The lowest BCUT2D eigenvalue weighted by atomic mass is 10.1. The number of aliphatic hydroxyl groups is 1. The summed E-state index contributed by atoms with van der Waals surface area (Å²) in [5.41, 5.74) is 0.882. The van der Waals surface area contributed by atoms with Crippen molar-refractivity contribution in [3.05, 3.63) is 55.1 Å². The number of aliphatic hydroxyl groups excluding tert-OH is 1. The third kappa shape index (κ3) is 3.66. The Morgan fingerprint density at radius 2 is 2.00 bits per heavy atom. The third-order valence-electron chi connectivity index (χ3n) is 2.56. The minimum Gasteiger partial charge on any atom is -0.394 e. The molecule has 0 spiro atoms. The van der Waals surface area contributed by atoms with Crippen molar-refractivity contribution in [1.29, 1.82) is 0 Å². The van der Waals surface area contributed by atoms with Crippen LogP contribution in [-0.2, 0) is 0 Å². The van der Waals surface area contributed by atoms with Crippen LogP contribution in [0, 0.1) is 0 Å². The first kappa shape index (κ1) is 14.7. The molecule has 1 amide bonds. The Kier molecular flexibility index (Phi) is 5.15. The van der Waals surface area contributed by atoms with Gasteiger partial charge in [-0.25, -0.2) is 0 Å². The molecule has 0 bridgehead atoms. The number of nitrogens with one attached hydrogen (secondary N) is 1. The van der Waals surface area contributed by atoms with Crippen LogP contribution >= 0.6 is 43.2 Å². The minimum absolute atomic E-state index is 0.135. The number of hydrogen-bond acceptors (Lipinski definition) is 3. The second-order valence-corrected chi connectivity index (χ2v) is 7.08. The fourth-order valence-electron chi connectivity index (χ4n) is 1.61. The molecule has 1 atom stereocenters. The SMILES string of the molecule is O=C(N[C@H](CO)c1ccccc1)c1cc(Br)c(Br)s1. The molecule has 100 valence electrons. The number of amides is 1. The van der Waals surface area contributed by atoms with Gasteiger partial charge >= 0.3 is 0 Å². The summed E-state index contributed by atoms with van der Waals surface area (Å²) in [4.78, 5) is 12.7. The molecule has 0 unspecified atom stereocenters. The summed E-state index contributed by atoms with van der Waals surface area (Å²) in [6.07, 6.45) is 0. The first-order valence-electron chi connectivity index (χ1n) is 5.53. The summed E-state index contributed by atoms with van der Waals surface area (Å²) in [5.74, 6) is -0.195. The molecule has 19 heavy (non-hydrogen) atoms. The van der Waals surface area contributed by atoms with E-state index in [0.29, 0.717) is 4.88 Å². The maximum Gasteiger partial charge on any atom is 0.261 e. The van der Waals surface area contributed by atoms with Crippen LogP contribution in [0.1, 0.15) is 21.3 Å². The van der Waals surface area contributed by atoms with Crippen molar-refractivity contribution in [2.24, 2.45) is 0 Å². The topological polar surface area (TPSA) is 49.3 Å². The van der Waals surface area contributed by atoms with E-state index in [1.54, 1.807) is 6.07 Å².